The summed E-state index contributed by atoms with van der Waals surface area (Å²) in [4.78, 5) is 12.0. The van der Waals surface area contributed by atoms with Gasteiger partial charge in [-0.1, -0.05) is 91.9 Å². The van der Waals surface area contributed by atoms with Gasteiger partial charge in [-0.3, -0.25) is 4.79 Å². The van der Waals surface area contributed by atoms with Crippen molar-refractivity contribution in [3.63, 3.8) is 0 Å². The van der Waals surface area contributed by atoms with Gasteiger partial charge in [-0.05, 0) is 52.3 Å². The van der Waals surface area contributed by atoms with Crippen molar-refractivity contribution in [3.05, 3.63) is 113 Å². The highest BCUT2D eigenvalue weighted by atomic mass is 16.5. The lowest BCUT2D eigenvalue weighted by molar-refractivity contribution is -0.116. The second-order valence-electron chi connectivity index (χ2n) is 7.53. The molecular weight excluding hydrogens is 394 g/mol. The first-order chi connectivity index (χ1) is 15.7. The quantitative estimate of drug-likeness (QED) is 0.238. The summed E-state index contributed by atoms with van der Waals surface area (Å²) in [5.74, 6) is -0.0904. The number of hydrogen-bond acceptors (Lipinski definition) is 2. The maximum Gasteiger partial charge on any atom is 0.244 e. The summed E-state index contributed by atoms with van der Waals surface area (Å²) in [7, 11) is 1.66. The first-order valence-corrected chi connectivity index (χ1v) is 11.1. The monoisotopic (exact) mass is 425 g/mol. The van der Waals surface area contributed by atoms with Crippen molar-refractivity contribution in [3.8, 4) is 0 Å². The minimum Gasteiger partial charge on any atom is -0.385 e. The van der Waals surface area contributed by atoms with E-state index in [9.17, 15) is 4.79 Å². The fraction of sp³-hybridized carbons (Fsp3) is 0.207. The highest BCUT2D eigenvalue weighted by Gasteiger charge is 2.12. The van der Waals surface area contributed by atoms with Crippen molar-refractivity contribution in [2.75, 3.05) is 20.3 Å². The van der Waals surface area contributed by atoms with Gasteiger partial charge in [0.05, 0.1) is 0 Å². The Kier molecular flexibility index (Phi) is 9.03. The lowest BCUT2D eigenvalue weighted by Gasteiger charge is -2.16. The molecule has 0 atom stereocenters. The first kappa shape index (κ1) is 23.2. The van der Waals surface area contributed by atoms with Gasteiger partial charge in [0, 0.05) is 26.3 Å². The molecule has 0 unspecified atom stereocenters. The molecule has 164 valence electrons. The van der Waals surface area contributed by atoms with E-state index >= 15 is 0 Å². The summed E-state index contributed by atoms with van der Waals surface area (Å²) in [5.41, 5.74) is 7.15. The first-order valence-electron chi connectivity index (χ1n) is 11.1. The Morgan fingerprint density at radius 2 is 1.44 bits per heavy atom. The van der Waals surface area contributed by atoms with Crippen molar-refractivity contribution >= 4 is 23.1 Å². The van der Waals surface area contributed by atoms with E-state index in [1.54, 1.807) is 13.2 Å². The standard InChI is InChI=1S/C29H31NO2/c1-3-27(24-11-6-4-7-12-24)29(25-13-8-5-9-14-25)26-18-15-23(16-19-26)17-20-28(31)30-21-10-22-32-2/h4-9,11-20H,3,10,21-22H2,1-2H3,(H,30,31)/b20-17+,29-27-. The van der Waals surface area contributed by atoms with E-state index in [1.165, 1.54) is 22.3 Å². The smallest absolute Gasteiger partial charge is 0.244 e. The van der Waals surface area contributed by atoms with E-state index in [1.807, 2.05) is 18.2 Å². The van der Waals surface area contributed by atoms with Gasteiger partial charge in [-0.2, -0.15) is 0 Å². The predicted octanol–water partition coefficient (Wildman–Crippen LogP) is 6.22. The molecule has 0 saturated heterocycles. The number of nitrogens with one attached hydrogen (secondary N) is 1. The van der Waals surface area contributed by atoms with E-state index in [0.717, 1.165) is 24.0 Å². The number of rotatable bonds is 10. The molecule has 3 rings (SSSR count). The van der Waals surface area contributed by atoms with Crippen LogP contribution in [0, 0.1) is 0 Å². The van der Waals surface area contributed by atoms with E-state index in [-0.39, 0.29) is 5.91 Å². The van der Waals surface area contributed by atoms with Gasteiger partial charge in [-0.15, -0.1) is 0 Å². The summed E-state index contributed by atoms with van der Waals surface area (Å²) in [5, 5.41) is 2.87. The van der Waals surface area contributed by atoms with Crippen LogP contribution < -0.4 is 5.32 Å². The predicted molar refractivity (Wildman–Crippen MR) is 134 cm³/mol. The van der Waals surface area contributed by atoms with Crippen LogP contribution in [0.15, 0.2) is 91.0 Å². The van der Waals surface area contributed by atoms with Gasteiger partial charge in [0.1, 0.15) is 0 Å². The Labute approximate surface area is 191 Å². The Morgan fingerprint density at radius 1 is 0.844 bits per heavy atom. The molecule has 0 bridgehead atoms. The molecule has 0 radical (unpaired) electrons. The molecule has 0 heterocycles. The topological polar surface area (TPSA) is 38.3 Å². The zero-order valence-electron chi connectivity index (χ0n) is 18.9. The maximum absolute atomic E-state index is 12.0. The molecule has 3 heteroatoms. The fourth-order valence-electron chi connectivity index (χ4n) is 3.70. The summed E-state index contributed by atoms with van der Waals surface area (Å²) in [6.45, 7) is 3.46. The highest BCUT2D eigenvalue weighted by Crippen LogP contribution is 2.34. The average Bonchev–Trinajstić information content (AvgIpc) is 2.85. The van der Waals surface area contributed by atoms with Crippen LogP contribution in [0.1, 0.15) is 42.0 Å². The number of allylic oxidation sites excluding steroid dienone is 1. The van der Waals surface area contributed by atoms with Crippen molar-refractivity contribution in [1.82, 2.24) is 5.32 Å². The molecule has 3 aromatic carbocycles. The van der Waals surface area contributed by atoms with Gasteiger partial charge in [0.2, 0.25) is 5.91 Å². The van der Waals surface area contributed by atoms with Gasteiger partial charge in [-0.25, -0.2) is 0 Å². The van der Waals surface area contributed by atoms with Crippen LogP contribution in [0.25, 0.3) is 17.2 Å². The van der Waals surface area contributed by atoms with E-state index < -0.39 is 0 Å². The molecule has 0 aromatic heterocycles. The van der Waals surface area contributed by atoms with E-state index in [4.69, 9.17) is 4.74 Å². The molecular formula is C29H31NO2. The normalized spacial score (nSPS) is 11.9. The zero-order chi connectivity index (χ0) is 22.6. The van der Waals surface area contributed by atoms with Crippen LogP contribution in [-0.4, -0.2) is 26.2 Å². The van der Waals surface area contributed by atoms with Gasteiger partial charge >= 0.3 is 0 Å². The molecule has 0 aliphatic heterocycles. The van der Waals surface area contributed by atoms with Crippen LogP contribution >= 0.6 is 0 Å². The van der Waals surface area contributed by atoms with Gasteiger partial charge < -0.3 is 10.1 Å². The van der Waals surface area contributed by atoms with Crippen LogP contribution in [0.4, 0.5) is 0 Å². The number of hydrogen-bond donors (Lipinski definition) is 1. The summed E-state index contributed by atoms with van der Waals surface area (Å²) >= 11 is 0. The Balaban J connectivity index is 1.87. The lowest BCUT2D eigenvalue weighted by Crippen LogP contribution is -2.22. The number of ether oxygens (including phenoxy) is 1. The van der Waals surface area contributed by atoms with Crippen molar-refractivity contribution < 1.29 is 9.53 Å². The SMILES string of the molecule is CC/C(=C(\c1ccccc1)c1ccc(/C=C/C(=O)NCCCOC)cc1)c1ccccc1. The molecule has 0 fully saturated rings. The van der Waals surface area contributed by atoms with Crippen LogP contribution in [0.2, 0.25) is 0 Å². The molecule has 0 aliphatic carbocycles. The minimum absolute atomic E-state index is 0.0904. The molecule has 32 heavy (non-hydrogen) atoms. The Bertz CT molecular complexity index is 1040. The number of amides is 1. The van der Waals surface area contributed by atoms with Crippen LogP contribution in [-0.2, 0) is 9.53 Å². The molecule has 0 spiro atoms. The summed E-state index contributed by atoms with van der Waals surface area (Å²) in [6.07, 6.45) is 5.16. The number of carbonyl (C=O) groups excluding carboxylic acids is 1. The molecule has 0 saturated carbocycles. The average molecular weight is 426 g/mol. The zero-order valence-corrected chi connectivity index (χ0v) is 18.9. The second kappa shape index (κ2) is 12.4. The molecule has 3 aromatic rings. The maximum atomic E-state index is 12.0. The third-order valence-corrected chi connectivity index (χ3v) is 5.29. The second-order valence-corrected chi connectivity index (χ2v) is 7.53. The van der Waals surface area contributed by atoms with Crippen molar-refractivity contribution in [1.29, 1.82) is 0 Å². The minimum atomic E-state index is -0.0904. The third kappa shape index (κ3) is 6.53. The largest absolute Gasteiger partial charge is 0.385 e. The van der Waals surface area contributed by atoms with Crippen molar-refractivity contribution in [2.24, 2.45) is 0 Å². The van der Waals surface area contributed by atoms with Gasteiger partial charge in [0.25, 0.3) is 0 Å². The molecule has 1 N–H and O–H groups in total. The number of benzene rings is 3. The fourth-order valence-corrected chi connectivity index (χ4v) is 3.70. The Hall–Kier alpha value is -3.43. The summed E-state index contributed by atoms with van der Waals surface area (Å²) in [6, 6.07) is 29.5. The molecule has 3 nitrogen and oxygen atoms in total. The van der Waals surface area contributed by atoms with Crippen LogP contribution in [0.3, 0.4) is 0 Å². The molecule has 1 amide bonds. The number of methoxy groups -OCH3 is 1. The number of carbonyl (C=O) groups is 1. The van der Waals surface area contributed by atoms with E-state index in [2.05, 4.69) is 85.0 Å². The lowest BCUT2D eigenvalue weighted by atomic mass is 9.88. The molecule has 0 aliphatic rings. The Morgan fingerprint density at radius 3 is 2.03 bits per heavy atom. The third-order valence-electron chi connectivity index (χ3n) is 5.29. The van der Waals surface area contributed by atoms with Crippen LogP contribution in [0.5, 0.6) is 0 Å². The highest BCUT2D eigenvalue weighted by molar-refractivity contribution is 5.98. The van der Waals surface area contributed by atoms with E-state index in [0.29, 0.717) is 13.2 Å². The van der Waals surface area contributed by atoms with Crippen molar-refractivity contribution in [2.45, 2.75) is 19.8 Å². The summed E-state index contributed by atoms with van der Waals surface area (Å²) < 4.78 is 5.00. The van der Waals surface area contributed by atoms with Gasteiger partial charge in [0.15, 0.2) is 0 Å².